The first-order chi connectivity index (χ1) is 16.2. The third-order valence-electron chi connectivity index (χ3n) is 6.26. The number of nitrogens with zero attached hydrogens (tertiary/aromatic N) is 5. The van der Waals surface area contributed by atoms with Gasteiger partial charge in [-0.1, -0.05) is 30.3 Å². The minimum absolute atomic E-state index is 0.0378. The van der Waals surface area contributed by atoms with Gasteiger partial charge in [0, 0.05) is 12.2 Å². The number of ether oxygens (including phenoxy) is 2. The summed E-state index contributed by atoms with van der Waals surface area (Å²) in [7, 11) is 1.65. The summed E-state index contributed by atoms with van der Waals surface area (Å²) in [5.74, 6) is 0.771. The molecule has 0 aliphatic carbocycles. The summed E-state index contributed by atoms with van der Waals surface area (Å²) in [6.45, 7) is 1.69. The van der Waals surface area contributed by atoms with Gasteiger partial charge in [0.1, 0.15) is 16.7 Å². The van der Waals surface area contributed by atoms with E-state index in [1.807, 2.05) is 53.1 Å². The van der Waals surface area contributed by atoms with Gasteiger partial charge >= 0.3 is 0 Å². The van der Waals surface area contributed by atoms with Gasteiger partial charge in [0.15, 0.2) is 11.3 Å². The van der Waals surface area contributed by atoms with Gasteiger partial charge in [-0.2, -0.15) is 0 Å². The Morgan fingerprint density at radius 2 is 1.85 bits per heavy atom. The van der Waals surface area contributed by atoms with E-state index in [0.29, 0.717) is 35.3 Å². The van der Waals surface area contributed by atoms with Gasteiger partial charge in [-0.25, -0.2) is 15.0 Å². The molecule has 0 radical (unpaired) electrons. The second-order valence-corrected chi connectivity index (χ2v) is 8.32. The van der Waals surface area contributed by atoms with Crippen LogP contribution in [-0.4, -0.2) is 43.9 Å². The molecule has 33 heavy (non-hydrogen) atoms. The molecule has 1 fully saturated rings. The van der Waals surface area contributed by atoms with Crippen LogP contribution in [0.5, 0.6) is 5.75 Å². The SMILES string of the molecule is COc1ccccc1Cn1c2nc3ccccc3nc2c2c(=O)n(C[C@@H]3CCCO3)cnc21. The predicted molar refractivity (Wildman–Crippen MR) is 126 cm³/mol. The lowest BCUT2D eigenvalue weighted by molar-refractivity contribution is 0.0960. The molecule has 0 N–H and O–H groups in total. The van der Waals surface area contributed by atoms with Crippen molar-refractivity contribution in [3.05, 3.63) is 70.8 Å². The highest BCUT2D eigenvalue weighted by molar-refractivity contribution is 6.04. The minimum atomic E-state index is -0.121. The first kappa shape index (κ1) is 19.9. The molecule has 3 aromatic heterocycles. The summed E-state index contributed by atoms with van der Waals surface area (Å²) in [5, 5.41) is 0.485. The summed E-state index contributed by atoms with van der Waals surface area (Å²) in [5.41, 5.74) is 4.14. The molecule has 1 saturated heterocycles. The van der Waals surface area contributed by atoms with Gasteiger partial charge in [0.05, 0.1) is 43.7 Å². The lowest BCUT2D eigenvalue weighted by Gasteiger charge is -2.12. The number of benzene rings is 2. The van der Waals surface area contributed by atoms with Gasteiger partial charge in [-0.05, 0) is 31.0 Å². The number of hydrogen-bond donors (Lipinski definition) is 0. The zero-order chi connectivity index (χ0) is 22.4. The van der Waals surface area contributed by atoms with Crippen LogP contribution in [0.2, 0.25) is 0 Å². The van der Waals surface area contributed by atoms with E-state index in [4.69, 9.17) is 24.4 Å². The van der Waals surface area contributed by atoms with Crippen LogP contribution in [0.1, 0.15) is 18.4 Å². The molecule has 0 amide bonds. The summed E-state index contributed by atoms with van der Waals surface area (Å²) in [6, 6.07) is 15.5. The maximum atomic E-state index is 13.6. The second-order valence-electron chi connectivity index (χ2n) is 8.32. The molecule has 6 rings (SSSR count). The van der Waals surface area contributed by atoms with Crippen molar-refractivity contribution in [2.75, 3.05) is 13.7 Å². The van der Waals surface area contributed by atoms with Crippen molar-refractivity contribution in [3.8, 4) is 5.75 Å². The van der Waals surface area contributed by atoms with E-state index in [0.717, 1.165) is 41.8 Å². The molecule has 1 aliphatic rings. The Morgan fingerprint density at radius 3 is 2.64 bits per heavy atom. The molecular formula is C25H23N5O3. The molecule has 8 heteroatoms. The van der Waals surface area contributed by atoms with Crippen molar-refractivity contribution in [2.24, 2.45) is 0 Å². The van der Waals surface area contributed by atoms with Crippen LogP contribution < -0.4 is 10.3 Å². The maximum absolute atomic E-state index is 13.6. The third kappa shape index (κ3) is 3.34. The van der Waals surface area contributed by atoms with Crippen molar-refractivity contribution in [1.82, 2.24) is 24.1 Å². The fraction of sp³-hybridized carbons (Fsp3) is 0.280. The highest BCUT2D eigenvalue weighted by Gasteiger charge is 2.22. The summed E-state index contributed by atoms with van der Waals surface area (Å²) >= 11 is 0. The smallest absolute Gasteiger partial charge is 0.265 e. The van der Waals surface area contributed by atoms with Crippen molar-refractivity contribution < 1.29 is 9.47 Å². The van der Waals surface area contributed by atoms with Crippen molar-refractivity contribution in [3.63, 3.8) is 0 Å². The van der Waals surface area contributed by atoms with E-state index in [-0.39, 0.29) is 11.7 Å². The van der Waals surface area contributed by atoms with Crippen LogP contribution in [0.15, 0.2) is 59.7 Å². The lowest BCUT2D eigenvalue weighted by atomic mass is 10.2. The van der Waals surface area contributed by atoms with E-state index in [9.17, 15) is 4.79 Å². The van der Waals surface area contributed by atoms with Crippen molar-refractivity contribution >= 4 is 33.2 Å². The minimum Gasteiger partial charge on any atom is -0.496 e. The Kier molecular flexibility index (Phi) is 4.80. The predicted octanol–water partition coefficient (Wildman–Crippen LogP) is 3.53. The Labute approximate surface area is 189 Å². The number of fused-ring (bicyclic) bond motifs is 4. The molecule has 0 spiro atoms. The molecule has 166 valence electrons. The Morgan fingerprint density at radius 1 is 1.06 bits per heavy atom. The number of methoxy groups -OCH3 is 1. The zero-order valence-corrected chi connectivity index (χ0v) is 18.3. The van der Waals surface area contributed by atoms with Gasteiger partial charge in [0.25, 0.3) is 5.56 Å². The average Bonchev–Trinajstić information content (AvgIpc) is 3.46. The fourth-order valence-electron chi connectivity index (χ4n) is 4.63. The van der Waals surface area contributed by atoms with Crippen molar-refractivity contribution in [1.29, 1.82) is 0 Å². The summed E-state index contributed by atoms with van der Waals surface area (Å²) in [6.07, 6.45) is 3.62. The Balaban J connectivity index is 1.61. The number of hydrogen-bond acceptors (Lipinski definition) is 6. The molecule has 2 aromatic carbocycles. The first-order valence-corrected chi connectivity index (χ1v) is 11.1. The van der Waals surface area contributed by atoms with E-state index in [2.05, 4.69) is 0 Å². The summed E-state index contributed by atoms with van der Waals surface area (Å²) in [4.78, 5) is 28.1. The van der Waals surface area contributed by atoms with E-state index in [1.54, 1.807) is 18.0 Å². The summed E-state index contributed by atoms with van der Waals surface area (Å²) < 4.78 is 14.9. The normalized spacial score (nSPS) is 16.2. The lowest BCUT2D eigenvalue weighted by Crippen LogP contribution is -2.26. The molecule has 0 saturated carbocycles. The van der Waals surface area contributed by atoms with Gasteiger partial charge in [-0.3, -0.25) is 9.36 Å². The van der Waals surface area contributed by atoms with E-state index in [1.165, 1.54) is 0 Å². The Hall–Kier alpha value is -3.78. The van der Waals surface area contributed by atoms with Crippen LogP contribution >= 0.6 is 0 Å². The van der Waals surface area contributed by atoms with Crippen LogP contribution in [0.25, 0.3) is 33.2 Å². The zero-order valence-electron chi connectivity index (χ0n) is 18.3. The molecule has 4 heterocycles. The Bertz CT molecular complexity index is 1550. The largest absolute Gasteiger partial charge is 0.496 e. The van der Waals surface area contributed by atoms with Crippen LogP contribution in [-0.2, 0) is 17.8 Å². The van der Waals surface area contributed by atoms with Crippen LogP contribution in [0, 0.1) is 0 Å². The third-order valence-corrected chi connectivity index (χ3v) is 6.26. The molecule has 1 aliphatic heterocycles. The van der Waals surface area contributed by atoms with Gasteiger partial charge in [-0.15, -0.1) is 0 Å². The highest BCUT2D eigenvalue weighted by atomic mass is 16.5. The quantitative estimate of drug-likeness (QED) is 0.415. The van der Waals surface area contributed by atoms with Crippen molar-refractivity contribution in [2.45, 2.75) is 32.0 Å². The number of rotatable bonds is 5. The van der Waals surface area contributed by atoms with E-state index < -0.39 is 0 Å². The molecule has 0 bridgehead atoms. The van der Waals surface area contributed by atoms with Gasteiger partial charge < -0.3 is 14.0 Å². The topological polar surface area (TPSA) is 84.1 Å². The first-order valence-electron chi connectivity index (χ1n) is 11.1. The molecule has 5 aromatic rings. The molecular weight excluding hydrogens is 418 g/mol. The standard InChI is InChI=1S/C25H23N5O3/c1-32-20-11-5-2-7-16(20)13-30-23-21(22-24(30)28-19-10-4-3-9-18(19)27-22)25(31)29(15-26-23)14-17-8-6-12-33-17/h2-5,7,9-11,15,17H,6,8,12-14H2,1H3/t17-/m0/s1. The average molecular weight is 441 g/mol. The fourth-order valence-corrected chi connectivity index (χ4v) is 4.63. The second kappa shape index (κ2) is 7.97. The van der Waals surface area contributed by atoms with Crippen LogP contribution in [0.4, 0.5) is 0 Å². The molecule has 1 atom stereocenters. The monoisotopic (exact) mass is 441 g/mol. The molecule has 8 nitrogen and oxygen atoms in total. The highest BCUT2D eigenvalue weighted by Crippen LogP contribution is 2.28. The number of para-hydroxylation sites is 3. The number of aromatic nitrogens is 5. The van der Waals surface area contributed by atoms with Crippen LogP contribution in [0.3, 0.4) is 0 Å². The van der Waals surface area contributed by atoms with E-state index >= 15 is 0 Å². The maximum Gasteiger partial charge on any atom is 0.265 e. The van der Waals surface area contributed by atoms with Gasteiger partial charge in [0.2, 0.25) is 0 Å². The molecule has 0 unspecified atom stereocenters.